The summed E-state index contributed by atoms with van der Waals surface area (Å²) in [5.74, 6) is -3.19. The molecule has 17 heavy (non-hydrogen) atoms. The summed E-state index contributed by atoms with van der Waals surface area (Å²) in [6, 6.07) is 3.04. The van der Waals surface area contributed by atoms with Gasteiger partial charge in [-0.15, -0.1) is 0 Å². The monoisotopic (exact) mass is 257 g/mol. The van der Waals surface area contributed by atoms with E-state index in [4.69, 9.17) is 10.4 Å². The quantitative estimate of drug-likeness (QED) is 0.875. The third-order valence-corrected chi connectivity index (χ3v) is 3.74. The number of hydrogen-bond donors (Lipinski definition) is 1. The first-order chi connectivity index (χ1) is 7.79. The van der Waals surface area contributed by atoms with Crippen LogP contribution in [0.1, 0.15) is 15.9 Å². The van der Waals surface area contributed by atoms with Gasteiger partial charge in [-0.2, -0.15) is 5.26 Å². The fraction of sp³-hybridized carbons (Fsp3) is 0.200. The zero-order chi connectivity index (χ0) is 13.2. The first-order valence-electron chi connectivity index (χ1n) is 4.42. The largest absolute Gasteiger partial charge is 0.478 e. The Hall–Kier alpha value is -1.94. The topological polar surface area (TPSA) is 95.2 Å². The molecule has 0 spiro atoms. The summed E-state index contributed by atoms with van der Waals surface area (Å²) in [6.45, 7) is 1.21. The molecule has 0 unspecified atom stereocenters. The third-order valence-electron chi connectivity index (χ3n) is 2.13. The molecule has 1 N–H and O–H groups in total. The third kappa shape index (κ3) is 2.60. The molecule has 0 heterocycles. The average Bonchev–Trinajstić information content (AvgIpc) is 2.21. The molecule has 1 aromatic rings. The van der Waals surface area contributed by atoms with Crippen molar-refractivity contribution in [2.24, 2.45) is 0 Å². The van der Waals surface area contributed by atoms with Gasteiger partial charge in [0.25, 0.3) is 0 Å². The highest BCUT2D eigenvalue weighted by Gasteiger charge is 2.21. The zero-order valence-corrected chi connectivity index (χ0v) is 9.58. The number of sulfone groups is 1. The molecule has 0 atom stereocenters. The molecular formula is C10H8FNO4S. The molecule has 0 bridgehead atoms. The minimum absolute atomic E-state index is 0.190. The fourth-order valence-corrected chi connectivity index (χ4v) is 2.46. The number of halogens is 1. The lowest BCUT2D eigenvalue weighted by atomic mass is 10.1. The predicted molar refractivity (Wildman–Crippen MR) is 55.8 cm³/mol. The van der Waals surface area contributed by atoms with Crippen molar-refractivity contribution < 1.29 is 22.7 Å². The minimum Gasteiger partial charge on any atom is -0.478 e. The number of nitriles is 1. The van der Waals surface area contributed by atoms with Crippen LogP contribution in [-0.2, 0) is 9.84 Å². The van der Waals surface area contributed by atoms with Crippen molar-refractivity contribution in [2.75, 3.05) is 5.75 Å². The van der Waals surface area contributed by atoms with E-state index < -0.39 is 37.8 Å². The van der Waals surface area contributed by atoms with Crippen LogP contribution in [0.4, 0.5) is 4.39 Å². The predicted octanol–water partition coefficient (Wildman–Crippen LogP) is 1.13. The van der Waals surface area contributed by atoms with Crippen LogP contribution in [0.2, 0.25) is 0 Å². The Labute approximate surface area is 97.0 Å². The molecule has 0 amide bonds. The molecule has 0 saturated heterocycles. The van der Waals surface area contributed by atoms with Crippen molar-refractivity contribution in [2.45, 2.75) is 11.8 Å². The smallest absolute Gasteiger partial charge is 0.335 e. The van der Waals surface area contributed by atoms with E-state index in [1.807, 2.05) is 0 Å². The minimum atomic E-state index is -3.98. The fourth-order valence-electron chi connectivity index (χ4n) is 1.26. The summed E-state index contributed by atoms with van der Waals surface area (Å²) >= 11 is 0. The summed E-state index contributed by atoms with van der Waals surface area (Å²) in [4.78, 5) is 10.2. The number of carbonyl (C=O) groups is 1. The van der Waals surface area contributed by atoms with Crippen molar-refractivity contribution >= 4 is 15.8 Å². The summed E-state index contributed by atoms with van der Waals surface area (Å²) in [7, 11) is -3.98. The van der Waals surface area contributed by atoms with Crippen molar-refractivity contribution in [3.8, 4) is 6.07 Å². The van der Waals surface area contributed by atoms with Crippen LogP contribution < -0.4 is 0 Å². The summed E-state index contributed by atoms with van der Waals surface area (Å²) in [5, 5.41) is 17.1. The van der Waals surface area contributed by atoms with Crippen molar-refractivity contribution in [1.29, 1.82) is 5.26 Å². The van der Waals surface area contributed by atoms with E-state index in [0.717, 1.165) is 12.1 Å². The second-order valence-electron chi connectivity index (χ2n) is 3.30. The standard InChI is InChI=1S/C10H8FNO4S/c1-6-8(11)4-7(10(13)14)5-9(6)17(15,16)3-2-12/h4-5H,3H2,1H3,(H,13,14). The number of hydrogen-bond acceptors (Lipinski definition) is 4. The van der Waals surface area contributed by atoms with E-state index in [-0.39, 0.29) is 5.56 Å². The van der Waals surface area contributed by atoms with Crippen LogP contribution in [0.25, 0.3) is 0 Å². The van der Waals surface area contributed by atoms with Gasteiger partial charge in [-0.1, -0.05) is 0 Å². The highest BCUT2D eigenvalue weighted by Crippen LogP contribution is 2.21. The first kappa shape index (κ1) is 13.1. The summed E-state index contributed by atoms with van der Waals surface area (Å²) < 4.78 is 36.6. The zero-order valence-electron chi connectivity index (χ0n) is 8.77. The Balaban J connectivity index is 3.55. The Kier molecular flexibility index (Phi) is 3.48. The van der Waals surface area contributed by atoms with E-state index in [9.17, 15) is 17.6 Å². The van der Waals surface area contributed by atoms with Crippen LogP contribution in [0, 0.1) is 24.1 Å². The Morgan fingerprint density at radius 2 is 2.12 bits per heavy atom. The lowest BCUT2D eigenvalue weighted by Gasteiger charge is -2.07. The Morgan fingerprint density at radius 3 is 2.59 bits per heavy atom. The van der Waals surface area contributed by atoms with Crippen molar-refractivity contribution in [3.05, 3.63) is 29.1 Å². The Bertz CT molecular complexity index is 616. The van der Waals surface area contributed by atoms with Gasteiger partial charge in [0, 0.05) is 5.56 Å². The van der Waals surface area contributed by atoms with Gasteiger partial charge in [-0.05, 0) is 19.1 Å². The second kappa shape index (κ2) is 4.51. The van der Waals surface area contributed by atoms with Crippen molar-refractivity contribution in [3.63, 3.8) is 0 Å². The molecule has 90 valence electrons. The van der Waals surface area contributed by atoms with E-state index >= 15 is 0 Å². The van der Waals surface area contributed by atoms with Gasteiger partial charge in [0.1, 0.15) is 11.6 Å². The van der Waals surface area contributed by atoms with Gasteiger partial charge in [0.15, 0.2) is 9.84 Å². The van der Waals surface area contributed by atoms with Crippen LogP contribution >= 0.6 is 0 Å². The molecular weight excluding hydrogens is 249 g/mol. The van der Waals surface area contributed by atoms with Gasteiger partial charge < -0.3 is 5.11 Å². The molecule has 1 aromatic carbocycles. The lowest BCUT2D eigenvalue weighted by molar-refractivity contribution is 0.0696. The average molecular weight is 257 g/mol. The van der Waals surface area contributed by atoms with Crippen LogP contribution in [-0.4, -0.2) is 25.2 Å². The van der Waals surface area contributed by atoms with Crippen LogP contribution in [0.15, 0.2) is 17.0 Å². The number of carboxylic acid groups (broad SMARTS) is 1. The van der Waals surface area contributed by atoms with E-state index in [2.05, 4.69) is 0 Å². The lowest BCUT2D eigenvalue weighted by Crippen LogP contribution is -2.10. The molecule has 0 aliphatic rings. The number of nitrogens with zero attached hydrogens (tertiary/aromatic N) is 1. The van der Waals surface area contributed by atoms with E-state index in [1.165, 1.54) is 13.0 Å². The molecule has 0 aromatic heterocycles. The van der Waals surface area contributed by atoms with Gasteiger partial charge in [0.2, 0.25) is 0 Å². The van der Waals surface area contributed by atoms with Gasteiger partial charge >= 0.3 is 5.97 Å². The number of rotatable bonds is 3. The number of carboxylic acids is 1. The van der Waals surface area contributed by atoms with Crippen molar-refractivity contribution in [1.82, 2.24) is 0 Å². The second-order valence-corrected chi connectivity index (χ2v) is 5.26. The molecule has 0 aliphatic carbocycles. The molecule has 5 nitrogen and oxygen atoms in total. The number of aromatic carboxylic acids is 1. The maximum atomic E-state index is 13.4. The SMILES string of the molecule is Cc1c(F)cc(C(=O)O)cc1S(=O)(=O)CC#N. The molecule has 1 rings (SSSR count). The summed E-state index contributed by atoms with van der Waals surface area (Å²) in [6.07, 6.45) is 0. The highest BCUT2D eigenvalue weighted by molar-refractivity contribution is 7.91. The normalized spacial score (nSPS) is 10.9. The molecule has 7 heteroatoms. The van der Waals surface area contributed by atoms with Gasteiger partial charge in [0.05, 0.1) is 16.5 Å². The highest BCUT2D eigenvalue weighted by atomic mass is 32.2. The summed E-state index contributed by atoms with van der Waals surface area (Å²) in [5.41, 5.74) is -0.658. The maximum Gasteiger partial charge on any atom is 0.335 e. The van der Waals surface area contributed by atoms with E-state index in [1.54, 1.807) is 0 Å². The van der Waals surface area contributed by atoms with Gasteiger partial charge in [-0.25, -0.2) is 17.6 Å². The molecule has 0 aliphatic heterocycles. The molecule has 0 radical (unpaired) electrons. The van der Waals surface area contributed by atoms with Crippen LogP contribution in [0.5, 0.6) is 0 Å². The maximum absolute atomic E-state index is 13.4. The Morgan fingerprint density at radius 1 is 1.53 bits per heavy atom. The van der Waals surface area contributed by atoms with E-state index in [0.29, 0.717) is 0 Å². The molecule has 0 fully saturated rings. The molecule has 0 saturated carbocycles. The number of benzene rings is 1. The van der Waals surface area contributed by atoms with Gasteiger partial charge in [-0.3, -0.25) is 0 Å². The first-order valence-corrected chi connectivity index (χ1v) is 6.08. The van der Waals surface area contributed by atoms with Crippen LogP contribution in [0.3, 0.4) is 0 Å².